The molecule has 0 radical (unpaired) electrons. The third-order valence-electron chi connectivity index (χ3n) is 1.28. The van der Waals surface area contributed by atoms with Gasteiger partial charge in [0.25, 0.3) is 0 Å². The number of hydrogen-bond acceptors (Lipinski definition) is 3. The lowest BCUT2D eigenvalue weighted by Crippen LogP contribution is -2.03. The number of hydrogen-bond donors (Lipinski definition) is 2. The zero-order valence-corrected chi connectivity index (χ0v) is 7.15. The number of rotatable bonds is 1. The lowest BCUT2D eigenvalue weighted by atomic mass is 10.2. The number of pyridine rings is 1. The van der Waals surface area contributed by atoms with Crippen LogP contribution in [-0.4, -0.2) is 4.98 Å². The Bertz CT molecular complexity index is 252. The number of nitrogen functional groups attached to an aromatic ring is 1. The van der Waals surface area contributed by atoms with Crippen molar-refractivity contribution in [2.75, 3.05) is 5.73 Å². The monoisotopic (exact) mass is 191 g/mol. The van der Waals surface area contributed by atoms with E-state index >= 15 is 0 Å². The molecule has 0 fully saturated rings. The Labute approximate surface area is 74.3 Å². The van der Waals surface area contributed by atoms with Crippen molar-refractivity contribution in [3.05, 3.63) is 21.9 Å². The van der Waals surface area contributed by atoms with Crippen LogP contribution in [0.5, 0.6) is 0 Å². The second kappa shape index (κ2) is 3.26. The Hall–Kier alpha value is -0.510. The molecule has 0 spiro atoms. The first-order valence-corrected chi connectivity index (χ1v) is 3.71. The van der Waals surface area contributed by atoms with E-state index in [9.17, 15) is 0 Å². The number of nitrogens with zero attached hydrogens (tertiary/aromatic N) is 1. The largest absolute Gasteiger partial charge is 0.398 e. The number of aromatic nitrogens is 1. The van der Waals surface area contributed by atoms with Crippen LogP contribution in [0.25, 0.3) is 0 Å². The van der Waals surface area contributed by atoms with E-state index in [-0.39, 0.29) is 16.9 Å². The molecule has 0 aromatic carbocycles. The van der Waals surface area contributed by atoms with Gasteiger partial charge in [-0.1, -0.05) is 23.2 Å². The summed E-state index contributed by atoms with van der Waals surface area (Å²) in [6, 6.07) is 1.52. The highest BCUT2D eigenvalue weighted by atomic mass is 35.5. The molecule has 0 aliphatic heterocycles. The number of halogens is 2. The molecule has 60 valence electrons. The average molecular weight is 192 g/mol. The van der Waals surface area contributed by atoms with E-state index in [4.69, 9.17) is 34.7 Å². The van der Waals surface area contributed by atoms with Gasteiger partial charge in [0.05, 0.1) is 0 Å². The fourth-order valence-corrected chi connectivity index (χ4v) is 1.25. The Balaban J connectivity index is 3.25. The highest BCUT2D eigenvalue weighted by Gasteiger charge is 2.05. The molecule has 1 heterocycles. The Morgan fingerprint density at radius 1 is 1.45 bits per heavy atom. The number of anilines is 1. The van der Waals surface area contributed by atoms with E-state index < -0.39 is 0 Å². The van der Waals surface area contributed by atoms with E-state index in [1.54, 1.807) is 0 Å². The Kier molecular flexibility index (Phi) is 2.54. The third kappa shape index (κ3) is 1.74. The summed E-state index contributed by atoms with van der Waals surface area (Å²) >= 11 is 11.2. The van der Waals surface area contributed by atoms with Crippen molar-refractivity contribution in [2.45, 2.75) is 6.54 Å². The van der Waals surface area contributed by atoms with Crippen LogP contribution in [0.3, 0.4) is 0 Å². The van der Waals surface area contributed by atoms with Gasteiger partial charge in [-0.25, -0.2) is 4.98 Å². The zero-order valence-electron chi connectivity index (χ0n) is 5.64. The normalized spacial score (nSPS) is 10.1. The van der Waals surface area contributed by atoms with Crippen molar-refractivity contribution in [1.82, 2.24) is 4.98 Å². The molecule has 1 aromatic heterocycles. The lowest BCUT2D eigenvalue weighted by molar-refractivity contribution is 1.05. The van der Waals surface area contributed by atoms with Crippen molar-refractivity contribution in [1.29, 1.82) is 0 Å². The molecule has 0 unspecified atom stereocenters. The van der Waals surface area contributed by atoms with Crippen molar-refractivity contribution >= 4 is 28.9 Å². The van der Waals surface area contributed by atoms with E-state index in [1.165, 1.54) is 6.07 Å². The molecule has 0 saturated carbocycles. The molecule has 5 heteroatoms. The van der Waals surface area contributed by atoms with Gasteiger partial charge in [-0.3, -0.25) is 0 Å². The second-order valence-corrected chi connectivity index (χ2v) is 2.75. The quantitative estimate of drug-likeness (QED) is 0.661. The molecule has 1 aromatic rings. The van der Waals surface area contributed by atoms with Crippen LogP contribution in [-0.2, 0) is 6.54 Å². The summed E-state index contributed by atoms with van der Waals surface area (Å²) in [6.45, 7) is 0.273. The first-order chi connectivity index (χ1) is 5.15. The highest BCUT2D eigenvalue weighted by Crippen LogP contribution is 2.22. The molecule has 11 heavy (non-hydrogen) atoms. The molecule has 0 atom stereocenters. The average Bonchev–Trinajstić information content (AvgIpc) is 1.85. The van der Waals surface area contributed by atoms with Crippen molar-refractivity contribution in [2.24, 2.45) is 5.73 Å². The fraction of sp³-hybridized carbons (Fsp3) is 0.167. The first-order valence-electron chi connectivity index (χ1n) is 2.95. The van der Waals surface area contributed by atoms with E-state index in [0.717, 1.165) is 0 Å². The summed E-state index contributed by atoms with van der Waals surface area (Å²) in [5.74, 6) is 0. The second-order valence-electron chi connectivity index (χ2n) is 2.01. The molecule has 4 N–H and O–H groups in total. The van der Waals surface area contributed by atoms with Gasteiger partial charge in [-0.15, -0.1) is 0 Å². The molecule has 1 rings (SSSR count). The van der Waals surface area contributed by atoms with E-state index in [0.29, 0.717) is 11.3 Å². The maximum atomic E-state index is 5.68. The topological polar surface area (TPSA) is 64.9 Å². The van der Waals surface area contributed by atoms with Crippen molar-refractivity contribution < 1.29 is 0 Å². The molecular formula is C6H7Cl2N3. The van der Waals surface area contributed by atoms with Gasteiger partial charge in [0.1, 0.15) is 10.3 Å². The predicted octanol–water partition coefficient (Wildman–Crippen LogP) is 1.43. The minimum absolute atomic E-state index is 0.273. The van der Waals surface area contributed by atoms with Crippen LogP contribution in [0.15, 0.2) is 6.07 Å². The summed E-state index contributed by atoms with van der Waals surface area (Å²) in [4.78, 5) is 3.78. The van der Waals surface area contributed by atoms with Crippen molar-refractivity contribution in [3.63, 3.8) is 0 Å². The van der Waals surface area contributed by atoms with Gasteiger partial charge in [-0.2, -0.15) is 0 Å². The smallest absolute Gasteiger partial charge is 0.137 e. The molecule has 0 aliphatic rings. The van der Waals surface area contributed by atoms with Crippen LogP contribution in [0, 0.1) is 0 Å². The standard InChI is InChI=1S/C6H7Cl2N3/c7-5-1-4(10)3(2-9)6(8)11-5/h1H,2,9H2,(H2,10,11). The maximum Gasteiger partial charge on any atom is 0.137 e. The molecule has 0 aliphatic carbocycles. The summed E-state index contributed by atoms with van der Waals surface area (Å²) in [7, 11) is 0. The first kappa shape index (κ1) is 8.59. The van der Waals surface area contributed by atoms with Crippen LogP contribution in [0.2, 0.25) is 10.3 Å². The van der Waals surface area contributed by atoms with Crippen molar-refractivity contribution in [3.8, 4) is 0 Å². The van der Waals surface area contributed by atoms with Gasteiger partial charge in [0, 0.05) is 17.8 Å². The summed E-state index contributed by atoms with van der Waals surface area (Å²) in [5.41, 5.74) is 12.0. The summed E-state index contributed by atoms with van der Waals surface area (Å²) in [6.07, 6.45) is 0. The minimum Gasteiger partial charge on any atom is -0.398 e. The maximum absolute atomic E-state index is 5.68. The third-order valence-corrected chi connectivity index (χ3v) is 1.79. The van der Waals surface area contributed by atoms with Crippen LogP contribution >= 0.6 is 23.2 Å². The molecule has 0 bridgehead atoms. The van der Waals surface area contributed by atoms with Gasteiger partial charge in [0.15, 0.2) is 0 Å². The van der Waals surface area contributed by atoms with Crippen LogP contribution in [0.1, 0.15) is 5.56 Å². The van der Waals surface area contributed by atoms with Gasteiger partial charge in [0.2, 0.25) is 0 Å². The highest BCUT2D eigenvalue weighted by molar-refractivity contribution is 6.33. The number of nitrogens with two attached hydrogens (primary N) is 2. The minimum atomic E-state index is 0.273. The molecule has 0 saturated heterocycles. The van der Waals surface area contributed by atoms with E-state index in [2.05, 4.69) is 4.98 Å². The van der Waals surface area contributed by atoms with Gasteiger partial charge < -0.3 is 11.5 Å². The Morgan fingerprint density at radius 3 is 2.55 bits per heavy atom. The zero-order chi connectivity index (χ0) is 8.43. The molecule has 0 amide bonds. The van der Waals surface area contributed by atoms with Gasteiger partial charge >= 0.3 is 0 Å². The van der Waals surface area contributed by atoms with Crippen LogP contribution < -0.4 is 11.5 Å². The SMILES string of the molecule is NCc1c(N)cc(Cl)nc1Cl. The molecular weight excluding hydrogens is 185 g/mol. The van der Waals surface area contributed by atoms with E-state index in [1.807, 2.05) is 0 Å². The Morgan fingerprint density at radius 2 is 2.09 bits per heavy atom. The molecule has 3 nitrogen and oxygen atoms in total. The fourth-order valence-electron chi connectivity index (χ4n) is 0.730. The van der Waals surface area contributed by atoms with Crippen LogP contribution in [0.4, 0.5) is 5.69 Å². The lowest BCUT2D eigenvalue weighted by Gasteiger charge is -2.03. The van der Waals surface area contributed by atoms with Gasteiger partial charge in [-0.05, 0) is 6.07 Å². The summed E-state index contributed by atoms with van der Waals surface area (Å²) < 4.78 is 0. The predicted molar refractivity (Wildman–Crippen MR) is 46.6 cm³/mol. The summed E-state index contributed by atoms with van der Waals surface area (Å²) in [5, 5.41) is 0.558.